The molecule has 3 N–H and O–H groups in total. The van der Waals surface area contributed by atoms with E-state index >= 15 is 0 Å². The van der Waals surface area contributed by atoms with Crippen LogP contribution in [0.5, 0.6) is 0 Å². The average Bonchev–Trinajstić information content (AvgIpc) is 3.02. The van der Waals surface area contributed by atoms with Crippen LogP contribution >= 0.6 is 11.6 Å². The van der Waals surface area contributed by atoms with Gasteiger partial charge in [-0.3, -0.25) is 19.5 Å². The van der Waals surface area contributed by atoms with Crippen LogP contribution in [0.3, 0.4) is 0 Å². The van der Waals surface area contributed by atoms with Crippen LogP contribution in [0, 0.1) is 6.92 Å². The lowest BCUT2D eigenvalue weighted by molar-refractivity contribution is -0.112. The standard InChI is InChI=1S/C22H25ClN4O3/c1-4-17(24)18-19(25-9-10-28)22(30)27(16-11-13(2)21(29)26(3)12-16)20(18)14-5-7-15(23)8-6-14/h5-8,11-12,20,28H,4,9-10,24H2,1-3H3. The number of carbonyl (C=O) groups is 1. The second kappa shape index (κ2) is 8.85. The van der Waals surface area contributed by atoms with Crippen LogP contribution in [0.25, 0.3) is 0 Å². The third kappa shape index (κ3) is 3.91. The molecule has 1 aromatic carbocycles. The average molecular weight is 429 g/mol. The van der Waals surface area contributed by atoms with Crippen molar-refractivity contribution in [1.29, 1.82) is 0 Å². The number of aryl methyl sites for hydroxylation is 2. The van der Waals surface area contributed by atoms with Crippen molar-refractivity contribution in [2.24, 2.45) is 17.8 Å². The molecule has 3 rings (SSSR count). The summed E-state index contributed by atoms with van der Waals surface area (Å²) in [4.78, 5) is 31.7. The second-order valence-corrected chi connectivity index (χ2v) is 7.61. The van der Waals surface area contributed by atoms with Gasteiger partial charge >= 0.3 is 0 Å². The number of pyridine rings is 1. The van der Waals surface area contributed by atoms with E-state index < -0.39 is 6.04 Å². The molecule has 1 aliphatic rings. The summed E-state index contributed by atoms with van der Waals surface area (Å²) in [5.74, 6) is -0.326. The molecule has 158 valence electrons. The highest BCUT2D eigenvalue weighted by Crippen LogP contribution is 2.41. The number of halogens is 1. The zero-order valence-corrected chi connectivity index (χ0v) is 18.0. The summed E-state index contributed by atoms with van der Waals surface area (Å²) in [7, 11) is 1.65. The molecule has 0 bridgehead atoms. The highest BCUT2D eigenvalue weighted by Gasteiger charge is 2.44. The van der Waals surface area contributed by atoms with Gasteiger partial charge in [-0.05, 0) is 37.1 Å². The molecule has 7 nitrogen and oxygen atoms in total. The zero-order valence-electron chi connectivity index (χ0n) is 17.2. The summed E-state index contributed by atoms with van der Waals surface area (Å²) in [6.07, 6.45) is 2.16. The van der Waals surface area contributed by atoms with Gasteiger partial charge < -0.3 is 15.4 Å². The first kappa shape index (κ1) is 21.8. The molecule has 0 spiro atoms. The number of allylic oxidation sites excluding steroid dienone is 1. The van der Waals surface area contributed by atoms with Gasteiger partial charge in [0, 0.05) is 35.1 Å². The summed E-state index contributed by atoms with van der Waals surface area (Å²) in [5, 5.41) is 9.84. The number of nitrogens with zero attached hydrogens (tertiary/aromatic N) is 3. The van der Waals surface area contributed by atoms with Gasteiger partial charge in [-0.15, -0.1) is 0 Å². The molecule has 0 aliphatic carbocycles. The Labute approximate surface area is 180 Å². The van der Waals surface area contributed by atoms with Gasteiger partial charge in [0.1, 0.15) is 5.71 Å². The lowest BCUT2D eigenvalue weighted by atomic mass is 9.95. The van der Waals surface area contributed by atoms with E-state index in [0.717, 1.165) is 5.56 Å². The Morgan fingerprint density at radius 2 is 1.93 bits per heavy atom. The van der Waals surface area contributed by atoms with E-state index in [0.29, 0.717) is 34.0 Å². The number of nitrogens with two attached hydrogens (primary N) is 1. The van der Waals surface area contributed by atoms with Crippen LogP contribution in [-0.2, 0) is 11.8 Å². The number of amides is 1. The monoisotopic (exact) mass is 428 g/mol. The van der Waals surface area contributed by atoms with Gasteiger partial charge in [0.2, 0.25) is 0 Å². The van der Waals surface area contributed by atoms with Crippen molar-refractivity contribution in [3.63, 3.8) is 0 Å². The van der Waals surface area contributed by atoms with Crippen molar-refractivity contribution in [3.05, 3.63) is 74.3 Å². The van der Waals surface area contributed by atoms with E-state index in [1.54, 1.807) is 43.3 Å². The van der Waals surface area contributed by atoms with E-state index in [-0.39, 0.29) is 30.3 Å². The minimum atomic E-state index is -0.524. The fraction of sp³-hybridized carbons (Fsp3) is 0.318. The number of rotatable bonds is 5. The smallest absolute Gasteiger partial charge is 0.277 e. The molecule has 2 aromatic rings. The Bertz CT molecular complexity index is 1060. The van der Waals surface area contributed by atoms with Gasteiger partial charge in [0.15, 0.2) is 0 Å². The zero-order chi connectivity index (χ0) is 22.0. The van der Waals surface area contributed by atoms with Crippen LogP contribution in [0.1, 0.15) is 30.5 Å². The van der Waals surface area contributed by atoms with Crippen molar-refractivity contribution >= 4 is 28.9 Å². The van der Waals surface area contributed by atoms with Crippen LogP contribution < -0.4 is 16.2 Å². The van der Waals surface area contributed by atoms with Crippen molar-refractivity contribution in [2.75, 3.05) is 18.1 Å². The van der Waals surface area contributed by atoms with Gasteiger partial charge in [0.25, 0.3) is 11.5 Å². The van der Waals surface area contributed by atoms with E-state index in [9.17, 15) is 14.7 Å². The van der Waals surface area contributed by atoms with Gasteiger partial charge in [-0.25, -0.2) is 0 Å². The van der Waals surface area contributed by atoms with Crippen molar-refractivity contribution in [3.8, 4) is 0 Å². The molecule has 0 radical (unpaired) electrons. The van der Waals surface area contributed by atoms with Crippen LogP contribution in [0.15, 0.2) is 57.6 Å². The Kier molecular flexibility index (Phi) is 6.43. The lowest BCUT2D eigenvalue weighted by Crippen LogP contribution is -2.31. The van der Waals surface area contributed by atoms with Gasteiger partial charge in [-0.2, -0.15) is 0 Å². The number of aliphatic hydroxyl groups excluding tert-OH is 1. The molecule has 2 heterocycles. The van der Waals surface area contributed by atoms with Crippen molar-refractivity contribution in [2.45, 2.75) is 26.3 Å². The molecular formula is C22H25ClN4O3. The minimum absolute atomic E-state index is 0.0923. The van der Waals surface area contributed by atoms with Gasteiger partial charge in [0.05, 0.1) is 24.9 Å². The summed E-state index contributed by atoms with van der Waals surface area (Å²) < 4.78 is 1.45. The largest absolute Gasteiger partial charge is 0.402 e. The van der Waals surface area contributed by atoms with E-state index in [2.05, 4.69) is 4.99 Å². The topological polar surface area (TPSA) is 101 Å². The molecule has 1 aromatic heterocycles. The Balaban J connectivity index is 2.30. The highest BCUT2D eigenvalue weighted by atomic mass is 35.5. The first-order chi connectivity index (χ1) is 14.3. The fourth-order valence-corrected chi connectivity index (χ4v) is 3.78. The third-order valence-electron chi connectivity index (χ3n) is 5.12. The Hall–Kier alpha value is -2.90. The summed E-state index contributed by atoms with van der Waals surface area (Å²) in [5.41, 5.74) is 9.52. The molecule has 1 aliphatic heterocycles. The Morgan fingerprint density at radius 3 is 2.50 bits per heavy atom. The van der Waals surface area contributed by atoms with Crippen LogP contribution in [0.2, 0.25) is 5.02 Å². The summed E-state index contributed by atoms with van der Waals surface area (Å²) in [6, 6.07) is 8.38. The van der Waals surface area contributed by atoms with E-state index in [4.69, 9.17) is 17.3 Å². The SMILES string of the molecule is CCC(N)=C1C(=NCCO)C(=O)N(c2cc(C)c(=O)n(C)c2)C1c1ccc(Cl)cc1. The minimum Gasteiger partial charge on any atom is -0.402 e. The normalized spacial score (nSPS) is 19.6. The predicted molar refractivity (Wildman–Crippen MR) is 119 cm³/mol. The number of hydrogen-bond acceptors (Lipinski definition) is 5. The molecule has 1 saturated heterocycles. The molecule has 30 heavy (non-hydrogen) atoms. The second-order valence-electron chi connectivity index (χ2n) is 7.17. The van der Waals surface area contributed by atoms with Crippen molar-refractivity contribution < 1.29 is 9.90 Å². The first-order valence-electron chi connectivity index (χ1n) is 9.70. The maximum absolute atomic E-state index is 13.5. The number of hydrogen-bond donors (Lipinski definition) is 2. The number of benzene rings is 1. The quantitative estimate of drug-likeness (QED) is 0.763. The number of carbonyl (C=O) groups excluding carboxylic acids is 1. The Morgan fingerprint density at radius 1 is 1.27 bits per heavy atom. The maximum Gasteiger partial charge on any atom is 0.277 e. The molecule has 8 heteroatoms. The number of aliphatic imine (C=N–C) groups is 1. The van der Waals surface area contributed by atoms with Crippen LogP contribution in [-0.4, -0.2) is 34.4 Å². The molecule has 1 atom stereocenters. The third-order valence-corrected chi connectivity index (χ3v) is 5.37. The first-order valence-corrected chi connectivity index (χ1v) is 10.1. The summed E-state index contributed by atoms with van der Waals surface area (Å²) >= 11 is 6.08. The summed E-state index contributed by atoms with van der Waals surface area (Å²) in [6.45, 7) is 3.53. The van der Waals surface area contributed by atoms with E-state index in [1.807, 2.05) is 19.1 Å². The van der Waals surface area contributed by atoms with Gasteiger partial charge in [-0.1, -0.05) is 30.7 Å². The fourth-order valence-electron chi connectivity index (χ4n) is 3.65. The molecule has 0 saturated carbocycles. The maximum atomic E-state index is 13.5. The number of anilines is 1. The predicted octanol–water partition coefficient (Wildman–Crippen LogP) is 2.49. The van der Waals surface area contributed by atoms with Crippen LogP contribution in [0.4, 0.5) is 5.69 Å². The molecule has 1 amide bonds. The lowest BCUT2D eigenvalue weighted by Gasteiger charge is -2.26. The molecular weight excluding hydrogens is 404 g/mol. The number of aliphatic hydroxyl groups is 1. The van der Waals surface area contributed by atoms with E-state index in [1.165, 1.54) is 4.57 Å². The molecule has 1 fully saturated rings. The van der Waals surface area contributed by atoms with Crippen molar-refractivity contribution in [1.82, 2.24) is 4.57 Å². The highest BCUT2D eigenvalue weighted by molar-refractivity contribution is 6.53. The number of aromatic nitrogens is 1. The molecule has 1 unspecified atom stereocenters.